The van der Waals surface area contributed by atoms with Gasteiger partial charge in [-0.2, -0.15) is 0 Å². The summed E-state index contributed by atoms with van der Waals surface area (Å²) in [6, 6.07) is 7.31. The van der Waals surface area contributed by atoms with E-state index >= 15 is 0 Å². The van der Waals surface area contributed by atoms with E-state index in [1.54, 1.807) is 7.11 Å². The summed E-state index contributed by atoms with van der Waals surface area (Å²) in [5.74, 6) is 1.56. The van der Waals surface area contributed by atoms with Gasteiger partial charge in [0, 0.05) is 13.1 Å². The van der Waals surface area contributed by atoms with Crippen LogP contribution in [0.4, 0.5) is 0 Å². The highest BCUT2D eigenvalue weighted by molar-refractivity contribution is 5.80. The van der Waals surface area contributed by atoms with Crippen LogP contribution in [0.5, 0.6) is 11.5 Å². The van der Waals surface area contributed by atoms with Crippen molar-refractivity contribution in [2.45, 2.75) is 38.7 Å². The highest BCUT2D eigenvalue weighted by atomic mass is 16.5. The number of benzene rings is 1. The Morgan fingerprint density at radius 2 is 1.60 bits per heavy atom. The lowest BCUT2D eigenvalue weighted by Gasteiger charge is -2.24. The molecule has 1 aromatic carbocycles. The minimum atomic E-state index is -0.443. The minimum Gasteiger partial charge on any atom is -0.497 e. The molecule has 4 nitrogen and oxygen atoms in total. The Morgan fingerprint density at radius 3 is 2.15 bits per heavy atom. The third kappa shape index (κ3) is 3.89. The molecule has 1 aromatic rings. The van der Waals surface area contributed by atoms with Gasteiger partial charge in [-0.1, -0.05) is 12.8 Å². The monoisotopic (exact) mass is 277 g/mol. The van der Waals surface area contributed by atoms with Gasteiger partial charge in [0.15, 0.2) is 6.10 Å². The van der Waals surface area contributed by atoms with Crippen LogP contribution >= 0.6 is 0 Å². The third-order valence-electron chi connectivity index (χ3n) is 3.64. The summed E-state index contributed by atoms with van der Waals surface area (Å²) < 4.78 is 10.8. The molecule has 0 radical (unpaired) electrons. The number of ether oxygens (including phenoxy) is 2. The molecule has 0 bridgehead atoms. The Bertz CT molecular complexity index is 422. The molecule has 2 rings (SSSR count). The molecule has 0 saturated carbocycles. The molecule has 0 spiro atoms. The Hall–Kier alpha value is -1.71. The molecule has 1 heterocycles. The van der Waals surface area contributed by atoms with Crippen LogP contribution in [0, 0.1) is 0 Å². The summed E-state index contributed by atoms with van der Waals surface area (Å²) in [4.78, 5) is 14.3. The summed E-state index contributed by atoms with van der Waals surface area (Å²) in [5.41, 5.74) is 0. The maximum Gasteiger partial charge on any atom is 0.263 e. The van der Waals surface area contributed by atoms with Gasteiger partial charge in [-0.3, -0.25) is 4.79 Å². The van der Waals surface area contributed by atoms with E-state index in [1.165, 1.54) is 12.8 Å². The highest BCUT2D eigenvalue weighted by Gasteiger charge is 2.22. The van der Waals surface area contributed by atoms with Crippen molar-refractivity contribution in [2.24, 2.45) is 0 Å². The minimum absolute atomic E-state index is 0.0859. The number of rotatable bonds is 4. The van der Waals surface area contributed by atoms with Gasteiger partial charge in [0.05, 0.1) is 7.11 Å². The normalized spacial score (nSPS) is 17.2. The lowest BCUT2D eigenvalue weighted by molar-refractivity contribution is -0.137. The summed E-state index contributed by atoms with van der Waals surface area (Å²) >= 11 is 0. The zero-order valence-corrected chi connectivity index (χ0v) is 12.3. The third-order valence-corrected chi connectivity index (χ3v) is 3.64. The molecule has 1 aliphatic rings. The smallest absolute Gasteiger partial charge is 0.263 e. The number of hydrogen-bond acceptors (Lipinski definition) is 3. The molecule has 0 aromatic heterocycles. The van der Waals surface area contributed by atoms with Crippen LogP contribution in [0.25, 0.3) is 0 Å². The van der Waals surface area contributed by atoms with E-state index in [4.69, 9.17) is 9.47 Å². The molecule has 20 heavy (non-hydrogen) atoms. The second-order valence-electron chi connectivity index (χ2n) is 5.18. The summed E-state index contributed by atoms with van der Waals surface area (Å²) in [5, 5.41) is 0. The second-order valence-corrected chi connectivity index (χ2v) is 5.18. The first-order chi connectivity index (χ1) is 9.70. The average molecular weight is 277 g/mol. The maximum absolute atomic E-state index is 12.4. The maximum atomic E-state index is 12.4. The first kappa shape index (κ1) is 14.7. The molecule has 0 aliphatic carbocycles. The van der Waals surface area contributed by atoms with Gasteiger partial charge in [-0.15, -0.1) is 0 Å². The molecule has 4 heteroatoms. The van der Waals surface area contributed by atoms with Gasteiger partial charge in [-0.05, 0) is 44.0 Å². The van der Waals surface area contributed by atoms with E-state index in [1.807, 2.05) is 36.1 Å². The van der Waals surface area contributed by atoms with Crippen molar-refractivity contribution in [1.82, 2.24) is 4.90 Å². The molecule has 1 saturated heterocycles. The van der Waals surface area contributed by atoms with Gasteiger partial charge in [-0.25, -0.2) is 0 Å². The number of methoxy groups -OCH3 is 1. The molecule has 1 fully saturated rings. The standard InChI is InChI=1S/C16H23NO3/c1-13(16(18)17-11-5-3-4-6-12-17)20-15-9-7-14(19-2)8-10-15/h7-10,13H,3-6,11-12H2,1-2H3. The predicted octanol–water partition coefficient (Wildman–Crippen LogP) is 2.87. The highest BCUT2D eigenvalue weighted by Crippen LogP contribution is 2.19. The number of carbonyl (C=O) groups excluding carboxylic acids is 1. The Balaban J connectivity index is 1.92. The van der Waals surface area contributed by atoms with Crippen molar-refractivity contribution in [1.29, 1.82) is 0 Å². The van der Waals surface area contributed by atoms with Crippen LogP contribution < -0.4 is 9.47 Å². The zero-order chi connectivity index (χ0) is 14.4. The Morgan fingerprint density at radius 1 is 1.05 bits per heavy atom. The van der Waals surface area contributed by atoms with Crippen molar-refractivity contribution in [3.05, 3.63) is 24.3 Å². The molecular formula is C16H23NO3. The van der Waals surface area contributed by atoms with Crippen molar-refractivity contribution >= 4 is 5.91 Å². The van der Waals surface area contributed by atoms with Crippen molar-refractivity contribution < 1.29 is 14.3 Å². The zero-order valence-electron chi connectivity index (χ0n) is 12.3. The molecular weight excluding hydrogens is 254 g/mol. The van der Waals surface area contributed by atoms with Crippen LogP contribution in [0.1, 0.15) is 32.6 Å². The van der Waals surface area contributed by atoms with Crippen molar-refractivity contribution in [2.75, 3.05) is 20.2 Å². The molecule has 1 atom stereocenters. The van der Waals surface area contributed by atoms with Crippen LogP contribution in [0.15, 0.2) is 24.3 Å². The largest absolute Gasteiger partial charge is 0.497 e. The summed E-state index contributed by atoms with van der Waals surface area (Å²) in [6.45, 7) is 3.53. The van der Waals surface area contributed by atoms with Crippen molar-refractivity contribution in [3.63, 3.8) is 0 Å². The fourth-order valence-electron chi connectivity index (χ4n) is 2.46. The number of amides is 1. The summed E-state index contributed by atoms with van der Waals surface area (Å²) in [6.07, 6.45) is 4.19. The lowest BCUT2D eigenvalue weighted by atomic mass is 10.2. The van der Waals surface area contributed by atoms with E-state index < -0.39 is 6.10 Å². The van der Waals surface area contributed by atoms with Gasteiger partial charge in [0.25, 0.3) is 5.91 Å². The van der Waals surface area contributed by atoms with E-state index in [0.717, 1.165) is 31.7 Å². The fourth-order valence-corrected chi connectivity index (χ4v) is 2.46. The Labute approximate surface area is 120 Å². The fraction of sp³-hybridized carbons (Fsp3) is 0.562. The van der Waals surface area contributed by atoms with Gasteiger partial charge >= 0.3 is 0 Å². The van der Waals surface area contributed by atoms with E-state index in [0.29, 0.717) is 5.75 Å². The molecule has 1 aliphatic heterocycles. The van der Waals surface area contributed by atoms with Gasteiger partial charge in [0.1, 0.15) is 11.5 Å². The Kier molecular flexibility index (Phi) is 5.27. The average Bonchev–Trinajstić information content (AvgIpc) is 2.76. The predicted molar refractivity (Wildman–Crippen MR) is 78.1 cm³/mol. The molecule has 0 N–H and O–H groups in total. The number of hydrogen-bond donors (Lipinski definition) is 0. The first-order valence-corrected chi connectivity index (χ1v) is 7.30. The van der Waals surface area contributed by atoms with E-state index in [2.05, 4.69) is 0 Å². The summed E-state index contributed by atoms with van der Waals surface area (Å²) in [7, 11) is 1.63. The SMILES string of the molecule is COc1ccc(OC(C)C(=O)N2CCCCCC2)cc1. The van der Waals surface area contributed by atoms with Crippen LogP contribution in [0.2, 0.25) is 0 Å². The molecule has 110 valence electrons. The van der Waals surface area contributed by atoms with Gasteiger partial charge in [0.2, 0.25) is 0 Å². The van der Waals surface area contributed by atoms with Crippen LogP contribution in [-0.4, -0.2) is 37.1 Å². The molecule has 1 unspecified atom stereocenters. The van der Waals surface area contributed by atoms with E-state index in [-0.39, 0.29) is 5.91 Å². The molecule has 1 amide bonds. The van der Waals surface area contributed by atoms with Crippen LogP contribution in [-0.2, 0) is 4.79 Å². The van der Waals surface area contributed by atoms with Gasteiger partial charge < -0.3 is 14.4 Å². The quantitative estimate of drug-likeness (QED) is 0.849. The van der Waals surface area contributed by atoms with Crippen LogP contribution in [0.3, 0.4) is 0 Å². The van der Waals surface area contributed by atoms with Crippen molar-refractivity contribution in [3.8, 4) is 11.5 Å². The first-order valence-electron chi connectivity index (χ1n) is 7.30. The number of likely N-dealkylation sites (tertiary alicyclic amines) is 1. The number of carbonyl (C=O) groups is 1. The second kappa shape index (κ2) is 7.17. The lowest BCUT2D eigenvalue weighted by Crippen LogP contribution is -2.40. The number of nitrogens with zero attached hydrogens (tertiary/aromatic N) is 1. The topological polar surface area (TPSA) is 38.8 Å². The van der Waals surface area contributed by atoms with E-state index in [9.17, 15) is 4.79 Å².